The molecule has 0 aliphatic carbocycles. The first-order valence-corrected chi connectivity index (χ1v) is 9.73. The van der Waals surface area contributed by atoms with E-state index in [0.29, 0.717) is 11.6 Å². The summed E-state index contributed by atoms with van der Waals surface area (Å²) in [5, 5.41) is 9.24. The molecule has 1 aromatic rings. The molecule has 6 nitrogen and oxygen atoms in total. The van der Waals surface area contributed by atoms with E-state index >= 15 is 0 Å². The quantitative estimate of drug-likeness (QED) is 0.505. The Morgan fingerprint density at radius 1 is 1.15 bits per heavy atom. The third-order valence-corrected chi connectivity index (χ3v) is 4.75. The van der Waals surface area contributed by atoms with Crippen LogP contribution in [0.4, 0.5) is 10.1 Å². The van der Waals surface area contributed by atoms with Gasteiger partial charge in [-0.15, -0.1) is 0 Å². The summed E-state index contributed by atoms with van der Waals surface area (Å²) >= 11 is 0. The molecule has 150 valence electrons. The summed E-state index contributed by atoms with van der Waals surface area (Å²) in [5.74, 6) is 0.0481. The van der Waals surface area contributed by atoms with Crippen molar-refractivity contribution in [2.45, 2.75) is 45.6 Å². The minimum Gasteiger partial charge on any atom is -0.357 e. The Kier molecular flexibility index (Phi) is 8.03. The van der Waals surface area contributed by atoms with Crippen LogP contribution in [0.5, 0.6) is 0 Å². The van der Waals surface area contributed by atoms with E-state index in [0.717, 1.165) is 26.2 Å². The SMILES string of the molecule is CCNC(=NCC(=O)Nc1ccc(F)cc1)NCC(C)(C)N1CCCCC1. The summed E-state index contributed by atoms with van der Waals surface area (Å²) in [6.45, 7) is 10.2. The van der Waals surface area contributed by atoms with Crippen molar-refractivity contribution >= 4 is 17.6 Å². The van der Waals surface area contributed by atoms with Crippen molar-refractivity contribution in [1.29, 1.82) is 0 Å². The Labute approximate surface area is 161 Å². The highest BCUT2D eigenvalue weighted by molar-refractivity contribution is 5.94. The van der Waals surface area contributed by atoms with Gasteiger partial charge in [0.05, 0.1) is 0 Å². The molecule has 2 rings (SSSR count). The largest absolute Gasteiger partial charge is 0.357 e. The second-order valence-electron chi connectivity index (χ2n) is 7.46. The molecular formula is C20H32FN5O. The Morgan fingerprint density at radius 2 is 1.81 bits per heavy atom. The molecule has 3 N–H and O–H groups in total. The van der Waals surface area contributed by atoms with E-state index in [4.69, 9.17) is 0 Å². The lowest BCUT2D eigenvalue weighted by molar-refractivity contribution is -0.114. The number of aliphatic imine (C=N–C) groups is 1. The standard InChI is InChI=1S/C20H32FN5O/c1-4-22-19(24-15-20(2,3)26-12-6-5-7-13-26)23-14-18(27)25-17-10-8-16(21)9-11-17/h8-11H,4-7,12-15H2,1-3H3,(H,25,27)(H2,22,23,24). The minimum atomic E-state index is -0.332. The number of hydrogen-bond donors (Lipinski definition) is 3. The van der Waals surface area contributed by atoms with Crippen molar-refractivity contribution in [2.24, 2.45) is 4.99 Å². The average Bonchev–Trinajstić information content (AvgIpc) is 2.66. The van der Waals surface area contributed by atoms with Crippen molar-refractivity contribution < 1.29 is 9.18 Å². The number of piperidine rings is 1. The number of likely N-dealkylation sites (tertiary alicyclic amines) is 1. The Bertz CT molecular complexity index is 624. The van der Waals surface area contributed by atoms with Crippen molar-refractivity contribution in [3.63, 3.8) is 0 Å². The highest BCUT2D eigenvalue weighted by atomic mass is 19.1. The Balaban J connectivity index is 1.86. The molecule has 27 heavy (non-hydrogen) atoms. The first-order valence-electron chi connectivity index (χ1n) is 9.73. The number of nitrogens with zero attached hydrogens (tertiary/aromatic N) is 2. The summed E-state index contributed by atoms with van der Waals surface area (Å²) in [5.41, 5.74) is 0.577. The molecule has 1 amide bonds. The van der Waals surface area contributed by atoms with E-state index in [1.807, 2.05) is 6.92 Å². The van der Waals surface area contributed by atoms with E-state index in [1.54, 1.807) is 0 Å². The molecule has 0 spiro atoms. The van der Waals surface area contributed by atoms with Crippen LogP contribution in [0.25, 0.3) is 0 Å². The van der Waals surface area contributed by atoms with E-state index in [1.165, 1.54) is 43.5 Å². The molecule has 0 bridgehead atoms. The molecule has 1 aromatic carbocycles. The summed E-state index contributed by atoms with van der Waals surface area (Å²) in [6.07, 6.45) is 3.82. The summed E-state index contributed by atoms with van der Waals surface area (Å²) in [6, 6.07) is 5.68. The van der Waals surface area contributed by atoms with Crippen LogP contribution >= 0.6 is 0 Å². The molecule has 0 radical (unpaired) electrons. The zero-order valence-electron chi connectivity index (χ0n) is 16.6. The van der Waals surface area contributed by atoms with Crippen LogP contribution in [0.2, 0.25) is 0 Å². The average molecular weight is 378 g/mol. The molecule has 1 aliphatic heterocycles. The van der Waals surface area contributed by atoms with Crippen molar-refractivity contribution in [3.8, 4) is 0 Å². The number of hydrogen-bond acceptors (Lipinski definition) is 3. The van der Waals surface area contributed by atoms with Gasteiger partial charge in [0.25, 0.3) is 0 Å². The Morgan fingerprint density at radius 3 is 2.44 bits per heavy atom. The van der Waals surface area contributed by atoms with Crippen LogP contribution in [0, 0.1) is 5.82 Å². The van der Waals surface area contributed by atoms with Crippen LogP contribution in [-0.4, -0.2) is 55.0 Å². The smallest absolute Gasteiger partial charge is 0.246 e. The second-order valence-corrected chi connectivity index (χ2v) is 7.46. The molecule has 1 aliphatic rings. The van der Waals surface area contributed by atoms with Gasteiger partial charge in [-0.05, 0) is 71.0 Å². The van der Waals surface area contributed by atoms with Gasteiger partial charge in [-0.25, -0.2) is 9.38 Å². The lowest BCUT2D eigenvalue weighted by Crippen LogP contribution is -2.55. The third-order valence-electron chi connectivity index (χ3n) is 4.75. The predicted octanol–water partition coefficient (Wildman–Crippen LogP) is 2.58. The van der Waals surface area contributed by atoms with E-state index in [-0.39, 0.29) is 23.8 Å². The number of anilines is 1. The van der Waals surface area contributed by atoms with Crippen LogP contribution in [0.15, 0.2) is 29.3 Å². The van der Waals surface area contributed by atoms with Gasteiger partial charge in [-0.1, -0.05) is 6.42 Å². The van der Waals surface area contributed by atoms with Crippen LogP contribution < -0.4 is 16.0 Å². The minimum absolute atomic E-state index is 0.00312. The van der Waals surface area contributed by atoms with E-state index in [9.17, 15) is 9.18 Å². The van der Waals surface area contributed by atoms with Gasteiger partial charge in [-0.3, -0.25) is 9.69 Å². The van der Waals surface area contributed by atoms with Crippen LogP contribution in [0.3, 0.4) is 0 Å². The normalized spacial score (nSPS) is 16.1. The van der Waals surface area contributed by atoms with Crippen LogP contribution in [0.1, 0.15) is 40.0 Å². The van der Waals surface area contributed by atoms with Gasteiger partial charge in [-0.2, -0.15) is 0 Å². The molecule has 7 heteroatoms. The summed E-state index contributed by atoms with van der Waals surface area (Å²) < 4.78 is 12.9. The first-order chi connectivity index (χ1) is 12.9. The molecule has 1 fully saturated rings. The fourth-order valence-corrected chi connectivity index (χ4v) is 3.14. The zero-order valence-corrected chi connectivity index (χ0v) is 16.6. The van der Waals surface area contributed by atoms with Gasteiger partial charge >= 0.3 is 0 Å². The topological polar surface area (TPSA) is 68.8 Å². The number of carbonyl (C=O) groups is 1. The number of carbonyl (C=O) groups excluding carboxylic acids is 1. The lowest BCUT2D eigenvalue weighted by Gasteiger charge is -2.41. The molecule has 1 heterocycles. The maximum absolute atomic E-state index is 12.9. The zero-order chi connectivity index (χ0) is 19.7. The number of amides is 1. The van der Waals surface area contributed by atoms with Gasteiger partial charge < -0.3 is 16.0 Å². The highest BCUT2D eigenvalue weighted by Gasteiger charge is 2.27. The van der Waals surface area contributed by atoms with E-state index < -0.39 is 0 Å². The Hall–Kier alpha value is -2.15. The second kappa shape index (κ2) is 10.3. The molecular weight excluding hydrogens is 345 g/mol. The summed E-state index contributed by atoms with van der Waals surface area (Å²) in [4.78, 5) is 19.0. The van der Waals surface area contributed by atoms with Gasteiger partial charge in [0.2, 0.25) is 5.91 Å². The maximum Gasteiger partial charge on any atom is 0.246 e. The monoisotopic (exact) mass is 377 g/mol. The third kappa shape index (κ3) is 7.17. The molecule has 0 saturated carbocycles. The van der Waals surface area contributed by atoms with Crippen molar-refractivity contribution in [2.75, 3.05) is 38.0 Å². The summed E-state index contributed by atoms with van der Waals surface area (Å²) in [7, 11) is 0. The highest BCUT2D eigenvalue weighted by Crippen LogP contribution is 2.19. The fraction of sp³-hybridized carbons (Fsp3) is 0.600. The number of guanidine groups is 1. The lowest BCUT2D eigenvalue weighted by atomic mass is 9.98. The fourth-order valence-electron chi connectivity index (χ4n) is 3.14. The van der Waals surface area contributed by atoms with Gasteiger partial charge in [0.15, 0.2) is 5.96 Å². The molecule has 0 atom stereocenters. The number of benzene rings is 1. The van der Waals surface area contributed by atoms with Crippen molar-refractivity contribution in [3.05, 3.63) is 30.1 Å². The number of halogens is 1. The van der Waals surface area contributed by atoms with Crippen molar-refractivity contribution in [1.82, 2.24) is 15.5 Å². The van der Waals surface area contributed by atoms with Gasteiger partial charge in [0, 0.05) is 24.3 Å². The first kappa shape index (κ1) is 21.2. The predicted molar refractivity (Wildman–Crippen MR) is 109 cm³/mol. The molecule has 0 aromatic heterocycles. The van der Waals surface area contributed by atoms with Crippen LogP contribution in [-0.2, 0) is 4.79 Å². The number of rotatable bonds is 7. The number of nitrogens with one attached hydrogen (secondary N) is 3. The molecule has 1 saturated heterocycles. The molecule has 0 unspecified atom stereocenters. The van der Waals surface area contributed by atoms with Gasteiger partial charge in [0.1, 0.15) is 12.4 Å². The maximum atomic E-state index is 12.9. The van der Waals surface area contributed by atoms with E-state index in [2.05, 4.69) is 39.7 Å².